The van der Waals surface area contributed by atoms with Crippen molar-refractivity contribution in [2.24, 2.45) is 17.8 Å². The van der Waals surface area contributed by atoms with Crippen LogP contribution >= 0.6 is 28.1 Å². The van der Waals surface area contributed by atoms with E-state index in [0.29, 0.717) is 0 Å². The van der Waals surface area contributed by atoms with Gasteiger partial charge in [0.15, 0.2) is 5.11 Å². The highest BCUT2D eigenvalue weighted by molar-refractivity contribution is 9.10. The second-order valence-corrected chi connectivity index (χ2v) is 11.5. The largest absolute Gasteiger partial charge is 0.357 e. The summed E-state index contributed by atoms with van der Waals surface area (Å²) in [7, 11) is 0. The number of halogens is 1. The lowest BCUT2D eigenvalue weighted by Crippen LogP contribution is -2.60. The fourth-order valence-corrected chi connectivity index (χ4v) is 7.90. The molecule has 4 heteroatoms. The summed E-state index contributed by atoms with van der Waals surface area (Å²) in [6.45, 7) is 6.56. The second-order valence-electron chi connectivity index (χ2n) is 10.2. The van der Waals surface area contributed by atoms with Crippen LogP contribution in [0.2, 0.25) is 0 Å². The molecule has 6 rings (SSSR count). The van der Waals surface area contributed by atoms with E-state index in [-0.39, 0.29) is 5.54 Å². The van der Waals surface area contributed by atoms with Crippen LogP contribution in [0, 0.1) is 38.5 Å². The molecule has 4 fully saturated rings. The van der Waals surface area contributed by atoms with Crippen LogP contribution < -0.4 is 10.6 Å². The van der Waals surface area contributed by atoms with Crippen LogP contribution in [-0.4, -0.2) is 10.7 Å². The van der Waals surface area contributed by atoms with Crippen molar-refractivity contribution in [2.45, 2.75) is 64.8 Å². The Labute approximate surface area is 194 Å². The van der Waals surface area contributed by atoms with Crippen LogP contribution in [0.25, 0.3) is 11.1 Å². The van der Waals surface area contributed by atoms with E-state index in [9.17, 15) is 0 Å². The molecule has 158 valence electrons. The van der Waals surface area contributed by atoms with Crippen LogP contribution in [0.5, 0.6) is 0 Å². The standard InChI is InChI=1S/C26H31BrN2S/c1-15-7-16(2)23(17(3)8-15)21-5-4-6-22(27)24(21)28-25(30)29-26-12-18-9-19(13-26)11-20(10-18)14-26/h4-8,18-20H,9-14H2,1-3H3,(H2,28,29,30). The van der Waals surface area contributed by atoms with E-state index in [2.05, 4.69) is 77.7 Å². The molecule has 2 N–H and O–H groups in total. The zero-order chi connectivity index (χ0) is 21.0. The topological polar surface area (TPSA) is 24.1 Å². The van der Waals surface area contributed by atoms with E-state index in [1.807, 2.05) is 0 Å². The number of anilines is 1. The third-order valence-corrected chi connectivity index (χ3v) is 8.48. The molecule has 0 radical (unpaired) electrons. The number of nitrogens with one attached hydrogen (secondary N) is 2. The van der Waals surface area contributed by atoms with Gasteiger partial charge in [-0.3, -0.25) is 0 Å². The molecule has 0 saturated heterocycles. The summed E-state index contributed by atoms with van der Waals surface area (Å²) >= 11 is 9.66. The van der Waals surface area contributed by atoms with E-state index < -0.39 is 0 Å². The van der Waals surface area contributed by atoms with Crippen LogP contribution in [0.15, 0.2) is 34.8 Å². The van der Waals surface area contributed by atoms with E-state index in [4.69, 9.17) is 12.2 Å². The first-order valence-electron chi connectivity index (χ1n) is 11.3. The molecule has 0 spiro atoms. The third-order valence-electron chi connectivity index (χ3n) is 7.62. The first kappa shape index (κ1) is 20.5. The molecule has 0 aliphatic heterocycles. The lowest BCUT2D eigenvalue weighted by atomic mass is 9.53. The summed E-state index contributed by atoms with van der Waals surface area (Å²) in [4.78, 5) is 0. The van der Waals surface area contributed by atoms with Crippen molar-refractivity contribution >= 4 is 38.9 Å². The summed E-state index contributed by atoms with van der Waals surface area (Å²) in [5.74, 6) is 2.72. The molecule has 4 aliphatic carbocycles. The Morgan fingerprint density at radius 3 is 2.10 bits per heavy atom. The molecule has 2 nitrogen and oxygen atoms in total. The predicted octanol–water partition coefficient (Wildman–Crippen LogP) is 7.30. The van der Waals surface area contributed by atoms with Crippen molar-refractivity contribution in [3.63, 3.8) is 0 Å². The summed E-state index contributed by atoms with van der Waals surface area (Å²) in [6.07, 6.45) is 8.21. The lowest BCUT2D eigenvalue weighted by molar-refractivity contribution is -0.00972. The van der Waals surface area contributed by atoms with Gasteiger partial charge < -0.3 is 10.6 Å². The van der Waals surface area contributed by atoms with Gasteiger partial charge in [-0.25, -0.2) is 0 Å². The first-order valence-corrected chi connectivity index (χ1v) is 12.5. The van der Waals surface area contributed by atoms with Gasteiger partial charge in [-0.1, -0.05) is 29.8 Å². The first-order chi connectivity index (χ1) is 14.3. The van der Waals surface area contributed by atoms with Crippen LogP contribution in [0.4, 0.5) is 5.69 Å². The van der Waals surface area contributed by atoms with Gasteiger partial charge in [0, 0.05) is 15.6 Å². The number of hydrogen-bond acceptors (Lipinski definition) is 1. The Morgan fingerprint density at radius 2 is 1.53 bits per heavy atom. The Balaban J connectivity index is 1.43. The average Bonchev–Trinajstić information content (AvgIpc) is 2.62. The van der Waals surface area contributed by atoms with Crippen molar-refractivity contribution in [3.05, 3.63) is 51.5 Å². The van der Waals surface area contributed by atoms with Crippen molar-refractivity contribution < 1.29 is 0 Å². The third kappa shape index (κ3) is 3.71. The molecule has 2 aromatic carbocycles. The minimum Gasteiger partial charge on any atom is -0.357 e. The number of para-hydroxylation sites is 1. The molecular formula is C26H31BrN2S. The van der Waals surface area contributed by atoms with Gasteiger partial charge >= 0.3 is 0 Å². The molecular weight excluding hydrogens is 452 g/mol. The smallest absolute Gasteiger partial charge is 0.171 e. The van der Waals surface area contributed by atoms with Crippen LogP contribution in [-0.2, 0) is 0 Å². The predicted molar refractivity (Wildman–Crippen MR) is 134 cm³/mol. The molecule has 0 heterocycles. The normalized spacial score (nSPS) is 29.1. The van der Waals surface area contributed by atoms with Crippen LogP contribution in [0.1, 0.15) is 55.2 Å². The highest BCUT2D eigenvalue weighted by atomic mass is 79.9. The molecule has 30 heavy (non-hydrogen) atoms. The van der Waals surface area contributed by atoms with Gasteiger partial charge in [-0.15, -0.1) is 0 Å². The quantitative estimate of drug-likeness (QED) is 0.448. The second kappa shape index (κ2) is 7.63. The van der Waals surface area contributed by atoms with Crippen molar-refractivity contribution in [3.8, 4) is 11.1 Å². The molecule has 4 bridgehead atoms. The summed E-state index contributed by atoms with van der Waals surface area (Å²) in [5.41, 5.74) is 7.68. The Hall–Kier alpha value is -1.39. The Kier molecular flexibility index (Phi) is 5.22. The van der Waals surface area contributed by atoms with Crippen molar-refractivity contribution in [1.82, 2.24) is 5.32 Å². The zero-order valence-corrected chi connectivity index (χ0v) is 20.6. The number of aryl methyl sites for hydroxylation is 3. The number of benzene rings is 2. The summed E-state index contributed by atoms with van der Waals surface area (Å²) < 4.78 is 1.05. The number of rotatable bonds is 3. The lowest BCUT2D eigenvalue weighted by Gasteiger charge is -2.57. The SMILES string of the molecule is Cc1cc(C)c(-c2cccc(Br)c2NC(=S)NC23CC4CC(CC(C4)C2)C3)c(C)c1. The van der Waals surface area contributed by atoms with E-state index in [0.717, 1.165) is 33.0 Å². The molecule has 0 unspecified atom stereocenters. The number of hydrogen-bond donors (Lipinski definition) is 2. The average molecular weight is 484 g/mol. The van der Waals surface area contributed by atoms with Gasteiger partial charge in [0.25, 0.3) is 0 Å². The van der Waals surface area contributed by atoms with Crippen molar-refractivity contribution in [1.29, 1.82) is 0 Å². The van der Waals surface area contributed by atoms with Gasteiger partial charge in [-0.05, 0) is 128 Å². The molecule has 0 aromatic heterocycles. The van der Waals surface area contributed by atoms with Gasteiger partial charge in [-0.2, -0.15) is 0 Å². The fraction of sp³-hybridized carbons (Fsp3) is 0.500. The monoisotopic (exact) mass is 482 g/mol. The number of thiocarbonyl (C=S) groups is 1. The van der Waals surface area contributed by atoms with Gasteiger partial charge in [0.2, 0.25) is 0 Å². The van der Waals surface area contributed by atoms with E-state index >= 15 is 0 Å². The molecule has 4 saturated carbocycles. The van der Waals surface area contributed by atoms with E-state index in [1.54, 1.807) is 0 Å². The maximum atomic E-state index is 5.88. The molecule has 2 aromatic rings. The van der Waals surface area contributed by atoms with E-state index in [1.165, 1.54) is 66.3 Å². The molecule has 4 aliphatic rings. The zero-order valence-electron chi connectivity index (χ0n) is 18.1. The Morgan fingerprint density at radius 1 is 0.967 bits per heavy atom. The molecule has 0 amide bonds. The Bertz CT molecular complexity index is 954. The minimum absolute atomic E-state index is 0.218. The maximum absolute atomic E-state index is 5.88. The molecule has 0 atom stereocenters. The fourth-order valence-electron chi connectivity index (χ4n) is 7.11. The van der Waals surface area contributed by atoms with Gasteiger partial charge in [0.1, 0.15) is 0 Å². The van der Waals surface area contributed by atoms with Gasteiger partial charge in [0.05, 0.1) is 5.69 Å². The minimum atomic E-state index is 0.218. The highest BCUT2D eigenvalue weighted by Gasteiger charge is 2.51. The van der Waals surface area contributed by atoms with Crippen LogP contribution in [0.3, 0.4) is 0 Å². The maximum Gasteiger partial charge on any atom is 0.171 e. The summed E-state index contributed by atoms with van der Waals surface area (Å²) in [5, 5.41) is 8.18. The summed E-state index contributed by atoms with van der Waals surface area (Å²) in [6, 6.07) is 10.9. The highest BCUT2D eigenvalue weighted by Crippen LogP contribution is 2.55. The van der Waals surface area contributed by atoms with Crippen molar-refractivity contribution in [2.75, 3.05) is 5.32 Å².